The van der Waals surface area contributed by atoms with Gasteiger partial charge >= 0.3 is 0 Å². The Morgan fingerprint density at radius 2 is 1.68 bits per heavy atom. The van der Waals surface area contributed by atoms with Gasteiger partial charge in [0.1, 0.15) is 0 Å². The van der Waals surface area contributed by atoms with E-state index in [4.69, 9.17) is 5.73 Å². The summed E-state index contributed by atoms with van der Waals surface area (Å²) in [5, 5.41) is 0. The van der Waals surface area contributed by atoms with Crippen LogP contribution in [0.2, 0.25) is 0 Å². The Kier molecular flexibility index (Phi) is 5.36. The first-order valence-corrected chi connectivity index (χ1v) is 6.65. The molecule has 4 nitrogen and oxygen atoms in total. The average molecular weight is 263 g/mol. The minimum absolute atomic E-state index is 0.0831. The SMILES string of the molecule is CC(C)C(C)N(C)CC(=O)N(C)c1ccc(N)cc1. The van der Waals surface area contributed by atoms with Gasteiger partial charge in [-0.2, -0.15) is 0 Å². The molecule has 1 rings (SSSR count). The largest absolute Gasteiger partial charge is 0.399 e. The molecule has 1 unspecified atom stereocenters. The Labute approximate surface area is 116 Å². The van der Waals surface area contributed by atoms with E-state index in [2.05, 4.69) is 25.7 Å². The van der Waals surface area contributed by atoms with Crippen molar-refractivity contribution in [2.75, 3.05) is 31.3 Å². The van der Waals surface area contributed by atoms with Crippen molar-refractivity contribution in [3.05, 3.63) is 24.3 Å². The van der Waals surface area contributed by atoms with Crippen LogP contribution in [0.5, 0.6) is 0 Å². The Morgan fingerprint density at radius 3 is 2.16 bits per heavy atom. The molecular weight excluding hydrogens is 238 g/mol. The van der Waals surface area contributed by atoms with Gasteiger partial charge in [0.25, 0.3) is 0 Å². The molecule has 0 fully saturated rings. The van der Waals surface area contributed by atoms with Crippen LogP contribution in [0.25, 0.3) is 0 Å². The molecule has 1 atom stereocenters. The summed E-state index contributed by atoms with van der Waals surface area (Å²) in [6.45, 7) is 6.88. The molecule has 19 heavy (non-hydrogen) atoms. The van der Waals surface area contributed by atoms with E-state index < -0.39 is 0 Å². The summed E-state index contributed by atoms with van der Waals surface area (Å²) in [6.07, 6.45) is 0. The third kappa shape index (κ3) is 4.24. The maximum atomic E-state index is 12.2. The minimum Gasteiger partial charge on any atom is -0.399 e. The fourth-order valence-electron chi connectivity index (χ4n) is 1.81. The van der Waals surface area contributed by atoms with E-state index in [0.29, 0.717) is 24.2 Å². The Balaban J connectivity index is 2.65. The number of likely N-dealkylation sites (N-methyl/N-ethyl adjacent to an activating group) is 2. The molecule has 4 heteroatoms. The van der Waals surface area contributed by atoms with Crippen LogP contribution < -0.4 is 10.6 Å². The van der Waals surface area contributed by atoms with Gasteiger partial charge in [-0.25, -0.2) is 0 Å². The molecule has 0 spiro atoms. The Morgan fingerprint density at radius 1 is 1.16 bits per heavy atom. The smallest absolute Gasteiger partial charge is 0.240 e. The van der Waals surface area contributed by atoms with Crippen molar-refractivity contribution in [1.82, 2.24) is 4.90 Å². The number of carbonyl (C=O) groups excluding carboxylic acids is 1. The van der Waals surface area contributed by atoms with E-state index >= 15 is 0 Å². The fraction of sp³-hybridized carbons (Fsp3) is 0.533. The molecule has 0 aliphatic rings. The summed E-state index contributed by atoms with van der Waals surface area (Å²) in [4.78, 5) is 16.0. The molecular formula is C15H25N3O. The maximum Gasteiger partial charge on any atom is 0.240 e. The van der Waals surface area contributed by atoms with Crippen molar-refractivity contribution >= 4 is 17.3 Å². The summed E-state index contributed by atoms with van der Waals surface area (Å²) in [6, 6.07) is 7.71. The van der Waals surface area contributed by atoms with E-state index in [0.717, 1.165) is 5.69 Å². The van der Waals surface area contributed by atoms with Crippen molar-refractivity contribution in [1.29, 1.82) is 0 Å². The maximum absolute atomic E-state index is 12.2. The second-order valence-corrected chi connectivity index (χ2v) is 5.44. The fourth-order valence-corrected chi connectivity index (χ4v) is 1.81. The quantitative estimate of drug-likeness (QED) is 0.829. The van der Waals surface area contributed by atoms with Crippen LogP contribution in [-0.4, -0.2) is 37.5 Å². The molecule has 0 aromatic heterocycles. The van der Waals surface area contributed by atoms with Gasteiger partial charge in [0, 0.05) is 24.5 Å². The van der Waals surface area contributed by atoms with Crippen LogP contribution in [-0.2, 0) is 4.79 Å². The molecule has 0 bridgehead atoms. The van der Waals surface area contributed by atoms with E-state index in [9.17, 15) is 4.79 Å². The van der Waals surface area contributed by atoms with Crippen LogP contribution in [0.4, 0.5) is 11.4 Å². The topological polar surface area (TPSA) is 49.6 Å². The Bertz CT molecular complexity index is 414. The number of benzene rings is 1. The molecule has 0 radical (unpaired) electrons. The van der Waals surface area contributed by atoms with Crippen LogP contribution >= 0.6 is 0 Å². The molecule has 0 aliphatic carbocycles. The van der Waals surface area contributed by atoms with Crippen molar-refractivity contribution < 1.29 is 4.79 Å². The monoisotopic (exact) mass is 263 g/mol. The molecule has 1 aromatic carbocycles. The Hall–Kier alpha value is -1.55. The molecule has 2 N–H and O–H groups in total. The molecule has 0 aliphatic heterocycles. The van der Waals surface area contributed by atoms with Crippen molar-refractivity contribution in [2.24, 2.45) is 5.92 Å². The third-order valence-corrected chi connectivity index (χ3v) is 3.70. The van der Waals surface area contributed by atoms with E-state index in [-0.39, 0.29) is 5.91 Å². The van der Waals surface area contributed by atoms with E-state index in [1.807, 2.05) is 19.2 Å². The summed E-state index contributed by atoms with van der Waals surface area (Å²) >= 11 is 0. The van der Waals surface area contributed by atoms with Gasteiger partial charge in [0.15, 0.2) is 0 Å². The van der Waals surface area contributed by atoms with Crippen molar-refractivity contribution in [2.45, 2.75) is 26.8 Å². The van der Waals surface area contributed by atoms with Gasteiger partial charge in [-0.15, -0.1) is 0 Å². The molecule has 0 saturated carbocycles. The lowest BCUT2D eigenvalue weighted by Crippen LogP contribution is -2.42. The van der Waals surface area contributed by atoms with Crippen LogP contribution in [0.3, 0.4) is 0 Å². The van der Waals surface area contributed by atoms with E-state index in [1.54, 1.807) is 24.1 Å². The molecule has 0 saturated heterocycles. The number of carbonyl (C=O) groups is 1. The highest BCUT2D eigenvalue weighted by Gasteiger charge is 2.18. The average Bonchev–Trinajstić information content (AvgIpc) is 2.37. The van der Waals surface area contributed by atoms with E-state index in [1.165, 1.54) is 0 Å². The lowest BCUT2D eigenvalue weighted by molar-refractivity contribution is -0.119. The minimum atomic E-state index is 0.0831. The van der Waals surface area contributed by atoms with Crippen molar-refractivity contribution in [3.8, 4) is 0 Å². The van der Waals surface area contributed by atoms with Crippen molar-refractivity contribution in [3.63, 3.8) is 0 Å². The highest BCUT2D eigenvalue weighted by atomic mass is 16.2. The van der Waals surface area contributed by atoms with Crippen LogP contribution in [0.15, 0.2) is 24.3 Å². The second-order valence-electron chi connectivity index (χ2n) is 5.44. The van der Waals surface area contributed by atoms with Gasteiger partial charge < -0.3 is 10.6 Å². The van der Waals surface area contributed by atoms with Gasteiger partial charge in [0.05, 0.1) is 6.54 Å². The number of nitrogens with two attached hydrogens (primary N) is 1. The number of nitrogen functional groups attached to an aromatic ring is 1. The predicted octanol–water partition coefficient (Wildman–Crippen LogP) is 2.21. The number of rotatable bonds is 5. The third-order valence-electron chi connectivity index (χ3n) is 3.70. The van der Waals surface area contributed by atoms with Gasteiger partial charge in [-0.3, -0.25) is 9.69 Å². The number of hydrogen-bond acceptors (Lipinski definition) is 3. The zero-order valence-electron chi connectivity index (χ0n) is 12.6. The first-order valence-electron chi connectivity index (χ1n) is 6.65. The van der Waals surface area contributed by atoms with Gasteiger partial charge in [-0.05, 0) is 44.2 Å². The molecule has 0 heterocycles. The molecule has 1 aromatic rings. The van der Waals surface area contributed by atoms with Gasteiger partial charge in [-0.1, -0.05) is 13.8 Å². The molecule has 1 amide bonds. The summed E-state index contributed by atoms with van der Waals surface area (Å²) in [7, 11) is 3.78. The van der Waals surface area contributed by atoms with Gasteiger partial charge in [0.2, 0.25) is 5.91 Å². The first-order chi connectivity index (χ1) is 8.82. The zero-order valence-corrected chi connectivity index (χ0v) is 12.6. The summed E-state index contributed by atoms with van der Waals surface area (Å²) in [5.74, 6) is 0.611. The number of anilines is 2. The normalized spacial score (nSPS) is 12.8. The summed E-state index contributed by atoms with van der Waals surface area (Å²) < 4.78 is 0. The molecule has 106 valence electrons. The lowest BCUT2D eigenvalue weighted by Gasteiger charge is -2.29. The number of nitrogens with zero attached hydrogens (tertiary/aromatic N) is 2. The van der Waals surface area contributed by atoms with Crippen LogP contribution in [0.1, 0.15) is 20.8 Å². The highest BCUT2D eigenvalue weighted by Crippen LogP contribution is 2.15. The highest BCUT2D eigenvalue weighted by molar-refractivity contribution is 5.94. The predicted molar refractivity (Wildman–Crippen MR) is 81.2 cm³/mol. The standard InChI is InChI=1S/C15H25N3O/c1-11(2)12(3)17(4)10-15(19)18(5)14-8-6-13(16)7-9-14/h6-9,11-12H,10,16H2,1-5H3. The van der Waals surface area contributed by atoms with Crippen LogP contribution in [0, 0.1) is 5.92 Å². The summed E-state index contributed by atoms with van der Waals surface area (Å²) in [5.41, 5.74) is 7.21. The lowest BCUT2D eigenvalue weighted by atomic mass is 10.1. The second kappa shape index (κ2) is 6.57. The zero-order chi connectivity index (χ0) is 14.6. The number of hydrogen-bond donors (Lipinski definition) is 1. The number of amides is 1. The first kappa shape index (κ1) is 15.5.